The Bertz CT molecular complexity index is 619. The van der Waals surface area contributed by atoms with E-state index in [1.807, 2.05) is 17.0 Å². The molecule has 140 valence electrons. The highest BCUT2D eigenvalue weighted by atomic mass is 16.6. The van der Waals surface area contributed by atoms with E-state index in [1.165, 1.54) is 11.1 Å². The molecule has 4 heteroatoms. The van der Waals surface area contributed by atoms with E-state index in [4.69, 9.17) is 4.74 Å². The third-order valence-corrected chi connectivity index (χ3v) is 4.40. The van der Waals surface area contributed by atoms with E-state index in [0.717, 1.165) is 32.6 Å². The Morgan fingerprint density at radius 2 is 1.54 bits per heavy atom. The molecule has 2 aromatic rings. The van der Waals surface area contributed by atoms with Crippen LogP contribution in [-0.2, 0) is 17.8 Å². The summed E-state index contributed by atoms with van der Waals surface area (Å²) >= 11 is 0. The second-order valence-electron chi connectivity index (χ2n) is 6.59. The van der Waals surface area contributed by atoms with Gasteiger partial charge in [-0.25, -0.2) is 4.79 Å². The van der Waals surface area contributed by atoms with E-state index < -0.39 is 0 Å². The van der Waals surface area contributed by atoms with E-state index >= 15 is 0 Å². The lowest BCUT2D eigenvalue weighted by Gasteiger charge is -2.25. The lowest BCUT2D eigenvalue weighted by Crippen LogP contribution is -2.34. The number of ether oxygens (including phenoxy) is 1. The van der Waals surface area contributed by atoms with E-state index in [1.54, 1.807) is 0 Å². The SMILES string of the molecule is C.CCCN1C[C@@H](CN(Cc2ccccc2)Cc2ccccc2)OC1=O. The van der Waals surface area contributed by atoms with Crippen LogP contribution in [0.3, 0.4) is 0 Å². The molecule has 0 radical (unpaired) electrons. The van der Waals surface area contributed by atoms with Gasteiger partial charge in [0.2, 0.25) is 0 Å². The van der Waals surface area contributed by atoms with E-state index in [9.17, 15) is 4.79 Å². The summed E-state index contributed by atoms with van der Waals surface area (Å²) < 4.78 is 5.58. The summed E-state index contributed by atoms with van der Waals surface area (Å²) in [5.41, 5.74) is 2.54. The van der Waals surface area contributed by atoms with Gasteiger partial charge in [-0.05, 0) is 17.5 Å². The van der Waals surface area contributed by atoms with Gasteiger partial charge >= 0.3 is 6.09 Å². The molecular weight excluding hydrogens is 324 g/mol. The topological polar surface area (TPSA) is 32.8 Å². The molecule has 1 fully saturated rings. The van der Waals surface area contributed by atoms with Gasteiger partial charge in [-0.15, -0.1) is 0 Å². The van der Waals surface area contributed by atoms with Gasteiger partial charge in [-0.2, -0.15) is 0 Å². The van der Waals surface area contributed by atoms with E-state index in [2.05, 4.69) is 60.4 Å². The maximum Gasteiger partial charge on any atom is 0.410 e. The highest BCUT2D eigenvalue weighted by molar-refractivity contribution is 5.69. The van der Waals surface area contributed by atoms with Crippen LogP contribution in [0.15, 0.2) is 60.7 Å². The predicted octanol–water partition coefficient (Wildman–Crippen LogP) is 4.56. The Labute approximate surface area is 157 Å². The average Bonchev–Trinajstić information content (AvgIpc) is 2.96. The van der Waals surface area contributed by atoms with E-state index in [0.29, 0.717) is 6.54 Å². The number of benzene rings is 2. The molecule has 1 heterocycles. The van der Waals surface area contributed by atoms with Crippen LogP contribution < -0.4 is 0 Å². The maximum absolute atomic E-state index is 12.0. The van der Waals surface area contributed by atoms with Crippen LogP contribution in [0.25, 0.3) is 0 Å². The number of cyclic esters (lactones) is 1. The fourth-order valence-corrected chi connectivity index (χ4v) is 3.28. The monoisotopic (exact) mass is 354 g/mol. The first-order valence-electron chi connectivity index (χ1n) is 9.00. The molecule has 1 aliphatic rings. The number of hydrogen-bond acceptors (Lipinski definition) is 3. The van der Waals surface area contributed by atoms with Crippen molar-refractivity contribution in [2.24, 2.45) is 0 Å². The highest BCUT2D eigenvalue weighted by Crippen LogP contribution is 2.16. The van der Waals surface area contributed by atoms with Crippen molar-refractivity contribution in [1.82, 2.24) is 9.80 Å². The minimum atomic E-state index is -0.175. The Morgan fingerprint density at radius 1 is 1.00 bits per heavy atom. The first-order chi connectivity index (χ1) is 12.2. The fourth-order valence-electron chi connectivity index (χ4n) is 3.28. The number of nitrogens with zero attached hydrogens (tertiary/aromatic N) is 2. The van der Waals surface area contributed by atoms with Crippen molar-refractivity contribution in [3.63, 3.8) is 0 Å². The summed E-state index contributed by atoms with van der Waals surface area (Å²) in [4.78, 5) is 16.1. The molecule has 0 saturated carbocycles. The molecule has 0 spiro atoms. The minimum Gasteiger partial charge on any atom is -0.443 e. The smallest absolute Gasteiger partial charge is 0.410 e. The predicted molar refractivity (Wildman–Crippen MR) is 106 cm³/mol. The van der Waals surface area contributed by atoms with Crippen LogP contribution in [0, 0.1) is 0 Å². The van der Waals surface area contributed by atoms with Crippen molar-refractivity contribution in [3.8, 4) is 0 Å². The first-order valence-corrected chi connectivity index (χ1v) is 9.00. The Balaban J connectivity index is 0.00000243. The van der Waals surface area contributed by atoms with Crippen LogP contribution >= 0.6 is 0 Å². The van der Waals surface area contributed by atoms with Crippen LogP contribution in [0.4, 0.5) is 4.79 Å². The molecule has 4 nitrogen and oxygen atoms in total. The summed E-state index contributed by atoms with van der Waals surface area (Å²) in [5.74, 6) is 0. The molecule has 1 atom stereocenters. The third-order valence-electron chi connectivity index (χ3n) is 4.40. The molecule has 26 heavy (non-hydrogen) atoms. The number of amides is 1. The van der Waals surface area contributed by atoms with Gasteiger partial charge in [-0.1, -0.05) is 75.0 Å². The lowest BCUT2D eigenvalue weighted by molar-refractivity contribution is 0.101. The van der Waals surface area contributed by atoms with Gasteiger partial charge in [-0.3, -0.25) is 4.90 Å². The quantitative estimate of drug-likeness (QED) is 0.697. The van der Waals surface area contributed by atoms with E-state index in [-0.39, 0.29) is 19.6 Å². The van der Waals surface area contributed by atoms with Crippen LogP contribution in [0.1, 0.15) is 31.9 Å². The Morgan fingerprint density at radius 3 is 2.04 bits per heavy atom. The fraction of sp³-hybridized carbons (Fsp3) is 0.409. The molecule has 0 unspecified atom stereocenters. The normalized spacial score (nSPS) is 16.5. The van der Waals surface area contributed by atoms with Gasteiger partial charge in [0.1, 0.15) is 6.10 Å². The summed E-state index contributed by atoms with van der Waals surface area (Å²) in [6.45, 7) is 5.97. The zero-order valence-corrected chi connectivity index (χ0v) is 14.8. The molecule has 1 amide bonds. The van der Waals surface area contributed by atoms with Crippen molar-refractivity contribution < 1.29 is 9.53 Å². The van der Waals surface area contributed by atoms with Gasteiger partial charge in [0.25, 0.3) is 0 Å². The van der Waals surface area contributed by atoms with Gasteiger partial charge in [0, 0.05) is 26.2 Å². The number of carbonyl (C=O) groups excluding carboxylic acids is 1. The van der Waals surface area contributed by atoms with Crippen LogP contribution in [0.2, 0.25) is 0 Å². The lowest BCUT2D eigenvalue weighted by atomic mass is 10.1. The third kappa shape index (κ3) is 5.60. The molecule has 1 aliphatic heterocycles. The van der Waals surface area contributed by atoms with Crippen molar-refractivity contribution >= 4 is 6.09 Å². The summed E-state index contributed by atoms with van der Waals surface area (Å²) in [6, 6.07) is 20.9. The summed E-state index contributed by atoms with van der Waals surface area (Å²) in [5, 5.41) is 0. The van der Waals surface area contributed by atoms with Crippen molar-refractivity contribution in [2.45, 2.75) is 40.0 Å². The standard InChI is InChI=1S/C21H26N2O2.CH4/c1-2-13-23-17-20(25-21(23)24)16-22(14-18-9-5-3-6-10-18)15-19-11-7-4-8-12-19;/h3-12,20H,2,13-17H2,1H3;1H4/t20-;/m1./s1. The molecule has 1 saturated heterocycles. The molecule has 0 aromatic heterocycles. The van der Waals surface area contributed by atoms with Crippen molar-refractivity contribution in [3.05, 3.63) is 71.8 Å². The second kappa shape index (κ2) is 9.97. The minimum absolute atomic E-state index is 0. The zero-order chi connectivity index (χ0) is 17.5. The Hall–Kier alpha value is -2.33. The zero-order valence-electron chi connectivity index (χ0n) is 14.8. The largest absolute Gasteiger partial charge is 0.443 e. The number of hydrogen-bond donors (Lipinski definition) is 0. The van der Waals surface area contributed by atoms with Crippen LogP contribution in [-0.4, -0.2) is 41.6 Å². The first kappa shape index (κ1) is 20.0. The van der Waals surface area contributed by atoms with Gasteiger partial charge in [0.15, 0.2) is 0 Å². The number of carbonyl (C=O) groups is 1. The molecule has 2 aromatic carbocycles. The number of rotatable bonds is 8. The molecule has 0 bridgehead atoms. The second-order valence-corrected chi connectivity index (χ2v) is 6.59. The van der Waals surface area contributed by atoms with Gasteiger partial charge < -0.3 is 9.64 Å². The molecule has 0 N–H and O–H groups in total. The maximum atomic E-state index is 12.0. The molecular formula is C22H30N2O2. The highest BCUT2D eigenvalue weighted by Gasteiger charge is 2.31. The molecule has 0 aliphatic carbocycles. The summed E-state index contributed by atoms with van der Waals surface area (Å²) in [7, 11) is 0. The molecule has 3 rings (SSSR count). The van der Waals surface area contributed by atoms with Crippen molar-refractivity contribution in [2.75, 3.05) is 19.6 Å². The van der Waals surface area contributed by atoms with Crippen molar-refractivity contribution in [1.29, 1.82) is 0 Å². The van der Waals surface area contributed by atoms with Gasteiger partial charge in [0.05, 0.1) is 6.54 Å². The van der Waals surface area contributed by atoms with Crippen LogP contribution in [0.5, 0.6) is 0 Å². The summed E-state index contributed by atoms with van der Waals surface area (Å²) in [6.07, 6.45) is 0.720. The Kier molecular flexibility index (Phi) is 7.67. The average molecular weight is 354 g/mol.